The Morgan fingerprint density at radius 2 is 0.649 bits per heavy atom. The van der Waals surface area contributed by atoms with E-state index < -0.39 is 108 Å². The molecule has 518 valence electrons. The molecule has 8 rings (SSSR count). The number of carboxylic acids is 1. The first-order valence-electron chi connectivity index (χ1n) is 33.5. The Balaban J connectivity index is 1.01. The van der Waals surface area contributed by atoms with Crippen LogP contribution in [0.4, 0.5) is 0 Å². The third-order valence-electron chi connectivity index (χ3n) is 17.5. The summed E-state index contributed by atoms with van der Waals surface area (Å²) < 4.78 is 0. The number of H-pyrrole nitrogens is 4. The van der Waals surface area contributed by atoms with Crippen LogP contribution in [0, 0.1) is 5.92 Å². The summed E-state index contributed by atoms with van der Waals surface area (Å²) in [6.45, 7) is 6.03. The summed E-state index contributed by atoms with van der Waals surface area (Å²) in [7, 11) is 0. The lowest BCUT2D eigenvalue weighted by Crippen LogP contribution is -2.60. The van der Waals surface area contributed by atoms with E-state index in [0.29, 0.717) is 74.8 Å². The Labute approximate surface area is 562 Å². The Bertz CT molecular complexity index is 3990. The molecule has 4 aromatic carbocycles. The standard InChI is InChI=1S/C71H94N16O10/c1-41(2)32-59(69(94)86-60(34-44-38-77-53-23-9-5-19-48(44)53)68(93)80-42(3)63(88)81-56(26-12-15-29-72)67(92)87-62(71(96)97)36-46-40-79-55-25-11-7-21-50(46)55)84-70(95)61(35-45-39-78-54-24-10-6-20-49(45)54)85-66(91)58(28-14-17-31-74)83-65(90)57(27-13-16-30-73)82-64(89)51(75)33-43-37-76-52-22-8-4-18-47(43)52/h4-11,18-25,37-42,51,56-62,76-79H,12-17,26-36,72-75H2,1-3H3,(H,80,93)(H,81,88)(H,82,89)(H,83,90)(H,84,95)(H,85,91)(H,86,94)(H,87,92)(H,96,97)/t42-,51-,56-,57-,58-,59-,60-,61-,62-/m0/s1. The third-order valence-corrected chi connectivity index (χ3v) is 17.5. The predicted molar refractivity (Wildman–Crippen MR) is 373 cm³/mol. The molecule has 0 saturated heterocycles. The number of carbonyl (C=O) groups excluding carboxylic acids is 8. The van der Waals surface area contributed by atoms with Crippen LogP contribution in [0.1, 0.15) is 107 Å². The van der Waals surface area contributed by atoms with E-state index in [-0.39, 0.29) is 57.3 Å². The zero-order valence-corrected chi connectivity index (χ0v) is 55.3. The second-order valence-corrected chi connectivity index (χ2v) is 25.3. The largest absolute Gasteiger partial charge is 0.480 e. The van der Waals surface area contributed by atoms with Crippen LogP contribution in [0.15, 0.2) is 122 Å². The van der Waals surface area contributed by atoms with Crippen molar-refractivity contribution in [2.75, 3.05) is 19.6 Å². The molecule has 0 radical (unpaired) electrons. The molecule has 0 aliphatic carbocycles. The number of rotatable bonds is 39. The van der Waals surface area contributed by atoms with E-state index >= 15 is 9.59 Å². The quantitative estimate of drug-likeness (QED) is 0.0245. The second-order valence-electron chi connectivity index (χ2n) is 25.3. The maximum Gasteiger partial charge on any atom is 0.326 e. The summed E-state index contributed by atoms with van der Waals surface area (Å²) in [5.74, 6) is -7.29. The summed E-state index contributed by atoms with van der Waals surface area (Å²) in [6.07, 6.45) is 10.1. The number of amides is 8. The van der Waals surface area contributed by atoms with Gasteiger partial charge >= 0.3 is 5.97 Å². The molecule has 26 nitrogen and oxygen atoms in total. The molecule has 26 heteroatoms. The normalized spacial score (nSPS) is 14.4. The highest BCUT2D eigenvalue weighted by Crippen LogP contribution is 2.24. The minimum absolute atomic E-state index is 0.0566. The van der Waals surface area contributed by atoms with Gasteiger partial charge in [0, 0.05) is 87.7 Å². The lowest BCUT2D eigenvalue weighted by molar-refractivity contribution is -0.142. The molecule has 4 heterocycles. The molecule has 8 aromatic rings. The first kappa shape index (κ1) is 72.9. The topological polar surface area (TPSA) is 437 Å². The lowest BCUT2D eigenvalue weighted by Gasteiger charge is -2.28. The van der Waals surface area contributed by atoms with Gasteiger partial charge < -0.3 is 90.5 Å². The number of para-hydroxylation sites is 4. The van der Waals surface area contributed by atoms with Crippen molar-refractivity contribution in [1.29, 1.82) is 0 Å². The molecule has 0 bridgehead atoms. The smallest absolute Gasteiger partial charge is 0.326 e. The van der Waals surface area contributed by atoms with Crippen molar-refractivity contribution in [3.05, 3.63) is 144 Å². The maximum absolute atomic E-state index is 15.2. The molecule has 0 aliphatic heterocycles. The zero-order valence-electron chi connectivity index (χ0n) is 55.3. The summed E-state index contributed by atoms with van der Waals surface area (Å²) in [5, 5.41) is 35.9. The monoisotopic (exact) mass is 1330 g/mol. The average Bonchev–Trinajstić information content (AvgIpc) is 1.72. The molecular weight excluding hydrogens is 1240 g/mol. The minimum Gasteiger partial charge on any atom is -0.480 e. The number of carbonyl (C=O) groups is 9. The number of carboxylic acid groups (broad SMARTS) is 1. The average molecular weight is 1330 g/mol. The van der Waals surface area contributed by atoms with Crippen LogP contribution in [-0.2, 0) is 68.8 Å². The molecule has 9 atom stereocenters. The molecule has 0 aliphatic rings. The molecule has 0 spiro atoms. The Morgan fingerprint density at radius 3 is 1.02 bits per heavy atom. The minimum atomic E-state index is -1.38. The molecule has 0 saturated carbocycles. The Kier molecular flexibility index (Phi) is 26.9. The second kappa shape index (κ2) is 35.7. The van der Waals surface area contributed by atoms with Crippen molar-refractivity contribution >= 4 is 96.8 Å². The molecule has 0 fully saturated rings. The molecular formula is C71H94N16O10. The highest BCUT2D eigenvalue weighted by molar-refractivity contribution is 5.99. The van der Waals surface area contributed by atoms with Gasteiger partial charge in [-0.2, -0.15) is 0 Å². The fourth-order valence-corrected chi connectivity index (χ4v) is 12.1. The molecule has 4 aromatic heterocycles. The SMILES string of the molecule is CC(C)C[C@H](NC(=O)[C@H](Cc1c[nH]c2ccccc12)NC(=O)[C@H](CCCCN)NC(=O)[C@H](CCCCN)NC(=O)[C@@H](N)Cc1c[nH]c2ccccc12)C(=O)N[C@@H](Cc1c[nH]c2ccccc12)C(=O)N[C@@H](C)C(=O)N[C@@H](CCCCN)C(=O)N[C@@H](Cc1c[nH]c2ccccc12)C(=O)O. The lowest BCUT2D eigenvalue weighted by atomic mass is 9.99. The fourth-order valence-electron chi connectivity index (χ4n) is 12.1. The number of aromatic nitrogens is 4. The van der Waals surface area contributed by atoms with Crippen molar-refractivity contribution in [1.82, 2.24) is 62.5 Å². The fraction of sp³-hybridized carbons (Fsp3) is 0.423. The first-order valence-corrected chi connectivity index (χ1v) is 33.5. The number of hydrogen-bond acceptors (Lipinski definition) is 13. The zero-order chi connectivity index (χ0) is 69.5. The number of hydrogen-bond donors (Lipinski definition) is 17. The number of nitrogens with two attached hydrogens (primary N) is 4. The van der Waals surface area contributed by atoms with Gasteiger partial charge in [-0.3, -0.25) is 38.4 Å². The highest BCUT2D eigenvalue weighted by Gasteiger charge is 2.36. The van der Waals surface area contributed by atoms with Gasteiger partial charge in [-0.1, -0.05) is 86.6 Å². The molecule has 21 N–H and O–H groups in total. The highest BCUT2D eigenvalue weighted by atomic mass is 16.4. The van der Waals surface area contributed by atoms with E-state index in [9.17, 15) is 38.7 Å². The van der Waals surface area contributed by atoms with Crippen molar-refractivity contribution in [2.45, 2.75) is 165 Å². The molecule has 97 heavy (non-hydrogen) atoms. The van der Waals surface area contributed by atoms with Crippen LogP contribution >= 0.6 is 0 Å². The van der Waals surface area contributed by atoms with Crippen LogP contribution in [0.2, 0.25) is 0 Å². The van der Waals surface area contributed by atoms with Crippen molar-refractivity contribution in [3.63, 3.8) is 0 Å². The summed E-state index contributed by atoms with van der Waals surface area (Å²) >= 11 is 0. The third kappa shape index (κ3) is 20.3. The maximum atomic E-state index is 15.2. The summed E-state index contributed by atoms with van der Waals surface area (Å²) in [5.41, 5.74) is 30.0. The number of nitrogens with one attached hydrogen (secondary N) is 12. The van der Waals surface area contributed by atoms with Gasteiger partial charge in [-0.25, -0.2) is 4.79 Å². The number of aliphatic carboxylic acids is 1. The van der Waals surface area contributed by atoms with Crippen molar-refractivity contribution in [3.8, 4) is 0 Å². The van der Waals surface area contributed by atoms with E-state index in [4.69, 9.17) is 22.9 Å². The number of fused-ring (bicyclic) bond motifs is 4. The van der Waals surface area contributed by atoms with E-state index in [0.717, 1.165) is 49.2 Å². The number of unbranched alkanes of at least 4 members (excludes halogenated alkanes) is 3. The Hall–Kier alpha value is -9.89. The number of aromatic amines is 4. The van der Waals surface area contributed by atoms with Crippen LogP contribution in [0.5, 0.6) is 0 Å². The van der Waals surface area contributed by atoms with Gasteiger partial charge in [0.05, 0.1) is 6.04 Å². The number of benzene rings is 4. The van der Waals surface area contributed by atoms with Gasteiger partial charge in [0.2, 0.25) is 47.3 Å². The van der Waals surface area contributed by atoms with Crippen LogP contribution in [0.3, 0.4) is 0 Å². The molecule has 0 unspecified atom stereocenters. The van der Waals surface area contributed by atoms with Gasteiger partial charge in [0.15, 0.2) is 0 Å². The van der Waals surface area contributed by atoms with Crippen molar-refractivity contribution < 1.29 is 48.3 Å². The van der Waals surface area contributed by atoms with E-state index in [1.54, 1.807) is 24.8 Å². The van der Waals surface area contributed by atoms with Crippen molar-refractivity contribution in [2.24, 2.45) is 28.9 Å². The Morgan fingerprint density at radius 1 is 0.361 bits per heavy atom. The predicted octanol–water partition coefficient (Wildman–Crippen LogP) is 3.63. The first-order chi connectivity index (χ1) is 46.7. The van der Waals surface area contributed by atoms with Gasteiger partial charge in [-0.05, 0) is 150 Å². The van der Waals surface area contributed by atoms with Gasteiger partial charge in [-0.15, -0.1) is 0 Å². The summed E-state index contributed by atoms with van der Waals surface area (Å²) in [4.78, 5) is 142. The van der Waals surface area contributed by atoms with Crippen LogP contribution in [-0.4, -0.2) is 152 Å². The molecule has 8 amide bonds. The van der Waals surface area contributed by atoms with E-state index in [1.807, 2.05) is 111 Å². The summed E-state index contributed by atoms with van der Waals surface area (Å²) in [6, 6.07) is 18.4. The van der Waals surface area contributed by atoms with Gasteiger partial charge in [0.25, 0.3) is 0 Å². The van der Waals surface area contributed by atoms with Crippen LogP contribution < -0.4 is 65.5 Å². The van der Waals surface area contributed by atoms with Crippen LogP contribution in [0.25, 0.3) is 43.6 Å². The van der Waals surface area contributed by atoms with E-state index in [1.165, 1.54) is 6.92 Å². The van der Waals surface area contributed by atoms with E-state index in [2.05, 4.69) is 62.5 Å². The van der Waals surface area contributed by atoms with Gasteiger partial charge in [0.1, 0.15) is 48.3 Å².